The van der Waals surface area contributed by atoms with Crippen LogP contribution in [0.1, 0.15) is 19.8 Å². The molecule has 0 aliphatic heterocycles. The standard InChI is InChI=1S/C12H15NO3/c1-6(13(15)16)9-5-10(14)12-8-3-2-7(4-8)11(9)12/h2-3,6-9,11-12H,4-5H2,1H3. The topological polar surface area (TPSA) is 60.2 Å². The average molecular weight is 221 g/mol. The number of ketones is 1. The molecule has 6 atom stereocenters. The van der Waals surface area contributed by atoms with Crippen LogP contribution in [-0.4, -0.2) is 16.7 Å². The molecule has 0 aromatic heterocycles. The Bertz CT molecular complexity index is 390. The van der Waals surface area contributed by atoms with Crippen molar-refractivity contribution in [2.75, 3.05) is 0 Å². The van der Waals surface area contributed by atoms with Crippen LogP contribution < -0.4 is 0 Å². The van der Waals surface area contributed by atoms with Crippen molar-refractivity contribution >= 4 is 5.78 Å². The van der Waals surface area contributed by atoms with E-state index in [1.165, 1.54) is 0 Å². The number of nitrogens with zero attached hydrogens (tertiary/aromatic N) is 1. The highest BCUT2D eigenvalue weighted by molar-refractivity contribution is 5.85. The first-order chi connectivity index (χ1) is 7.59. The number of Topliss-reactive ketones (excluding diaryl/α,β-unsaturated/α-hetero) is 1. The molecule has 2 bridgehead atoms. The van der Waals surface area contributed by atoms with Crippen LogP contribution in [0.5, 0.6) is 0 Å². The first kappa shape index (κ1) is 10.00. The van der Waals surface area contributed by atoms with Crippen LogP contribution in [0.15, 0.2) is 12.2 Å². The van der Waals surface area contributed by atoms with E-state index < -0.39 is 6.04 Å². The van der Waals surface area contributed by atoms with Crippen LogP contribution in [0, 0.1) is 39.7 Å². The Morgan fingerprint density at radius 2 is 2.12 bits per heavy atom. The minimum atomic E-state index is -0.577. The van der Waals surface area contributed by atoms with Crippen LogP contribution >= 0.6 is 0 Å². The summed E-state index contributed by atoms with van der Waals surface area (Å²) in [4.78, 5) is 22.6. The fraction of sp³-hybridized carbons (Fsp3) is 0.750. The molecule has 0 spiro atoms. The maximum atomic E-state index is 11.9. The monoisotopic (exact) mass is 221 g/mol. The van der Waals surface area contributed by atoms with Gasteiger partial charge in [0.25, 0.3) is 0 Å². The van der Waals surface area contributed by atoms with Crippen molar-refractivity contribution in [3.63, 3.8) is 0 Å². The lowest BCUT2D eigenvalue weighted by atomic mass is 9.79. The zero-order valence-electron chi connectivity index (χ0n) is 9.20. The van der Waals surface area contributed by atoms with Gasteiger partial charge in [0.1, 0.15) is 5.78 Å². The quantitative estimate of drug-likeness (QED) is 0.405. The highest BCUT2D eigenvalue weighted by Crippen LogP contribution is 2.57. The van der Waals surface area contributed by atoms with E-state index >= 15 is 0 Å². The van der Waals surface area contributed by atoms with Gasteiger partial charge in [0.2, 0.25) is 6.04 Å². The summed E-state index contributed by atoms with van der Waals surface area (Å²) in [5.41, 5.74) is 0. The van der Waals surface area contributed by atoms with Crippen molar-refractivity contribution < 1.29 is 9.72 Å². The Morgan fingerprint density at radius 3 is 2.81 bits per heavy atom. The molecule has 0 aromatic rings. The third-order valence-electron chi connectivity index (χ3n) is 4.78. The molecular formula is C12H15NO3. The number of fused-ring (bicyclic) bond motifs is 5. The van der Waals surface area contributed by atoms with Crippen LogP contribution in [0.3, 0.4) is 0 Å². The molecule has 0 radical (unpaired) electrons. The normalized spacial score (nSPS) is 46.1. The van der Waals surface area contributed by atoms with Crippen molar-refractivity contribution in [3.05, 3.63) is 22.3 Å². The second kappa shape index (κ2) is 3.15. The number of allylic oxidation sites excluding steroid dienone is 2. The summed E-state index contributed by atoms with van der Waals surface area (Å²) in [6.45, 7) is 1.65. The van der Waals surface area contributed by atoms with Gasteiger partial charge >= 0.3 is 0 Å². The van der Waals surface area contributed by atoms with E-state index in [4.69, 9.17) is 0 Å². The summed E-state index contributed by atoms with van der Waals surface area (Å²) in [6.07, 6.45) is 5.78. The van der Waals surface area contributed by atoms with Crippen molar-refractivity contribution in [2.24, 2.45) is 29.6 Å². The largest absolute Gasteiger partial charge is 0.299 e. The van der Waals surface area contributed by atoms with Crippen LogP contribution in [0.25, 0.3) is 0 Å². The van der Waals surface area contributed by atoms with Gasteiger partial charge in [0, 0.05) is 30.1 Å². The SMILES string of the molecule is CC(C1CC(=O)C2C3C=CC(C3)C12)[N+](=O)[O-]. The van der Waals surface area contributed by atoms with Crippen LogP contribution in [0.2, 0.25) is 0 Å². The van der Waals surface area contributed by atoms with E-state index in [1.54, 1.807) is 6.92 Å². The van der Waals surface area contributed by atoms with Gasteiger partial charge in [-0.05, 0) is 24.2 Å². The lowest BCUT2D eigenvalue weighted by molar-refractivity contribution is -0.529. The zero-order chi connectivity index (χ0) is 11.4. The van der Waals surface area contributed by atoms with Gasteiger partial charge in [-0.25, -0.2) is 0 Å². The summed E-state index contributed by atoms with van der Waals surface area (Å²) < 4.78 is 0. The second-order valence-electron chi connectivity index (χ2n) is 5.41. The van der Waals surface area contributed by atoms with Gasteiger partial charge in [-0.3, -0.25) is 14.9 Å². The minimum Gasteiger partial charge on any atom is -0.299 e. The third kappa shape index (κ3) is 1.13. The average Bonchev–Trinajstić information content (AvgIpc) is 2.89. The van der Waals surface area contributed by atoms with Crippen molar-refractivity contribution in [1.29, 1.82) is 0 Å². The Labute approximate surface area is 93.9 Å². The molecule has 0 N–H and O–H groups in total. The number of hydrogen-bond acceptors (Lipinski definition) is 3. The third-order valence-corrected chi connectivity index (χ3v) is 4.78. The maximum absolute atomic E-state index is 11.9. The smallest absolute Gasteiger partial charge is 0.213 e. The molecular weight excluding hydrogens is 206 g/mol. The van der Waals surface area contributed by atoms with Gasteiger partial charge in [-0.1, -0.05) is 12.2 Å². The van der Waals surface area contributed by atoms with Gasteiger partial charge in [0.05, 0.1) is 0 Å². The maximum Gasteiger partial charge on any atom is 0.213 e. The fourth-order valence-corrected chi connectivity index (χ4v) is 4.05. The summed E-state index contributed by atoms with van der Waals surface area (Å²) in [6, 6.07) is -0.577. The summed E-state index contributed by atoms with van der Waals surface area (Å²) in [7, 11) is 0. The van der Waals surface area contributed by atoms with E-state index in [9.17, 15) is 14.9 Å². The molecule has 0 amide bonds. The minimum absolute atomic E-state index is 0.0348. The molecule has 0 saturated heterocycles. The number of nitro groups is 1. The van der Waals surface area contributed by atoms with Crippen molar-refractivity contribution in [1.82, 2.24) is 0 Å². The molecule has 3 aliphatic rings. The van der Waals surface area contributed by atoms with Gasteiger partial charge in [-0.15, -0.1) is 0 Å². The molecule has 2 saturated carbocycles. The van der Waals surface area contributed by atoms with Crippen molar-refractivity contribution in [3.8, 4) is 0 Å². The predicted octanol–water partition coefficient (Wildman–Crippen LogP) is 1.68. The zero-order valence-corrected chi connectivity index (χ0v) is 9.20. The molecule has 6 unspecified atom stereocenters. The Morgan fingerprint density at radius 1 is 1.44 bits per heavy atom. The molecule has 2 fully saturated rings. The van der Waals surface area contributed by atoms with E-state index in [1.807, 2.05) is 0 Å². The first-order valence-electron chi connectivity index (χ1n) is 5.94. The number of hydrogen-bond donors (Lipinski definition) is 0. The van der Waals surface area contributed by atoms with E-state index in [0.717, 1.165) is 6.42 Å². The summed E-state index contributed by atoms with van der Waals surface area (Å²) in [5, 5.41) is 10.9. The lowest BCUT2D eigenvalue weighted by Crippen LogP contribution is -2.32. The molecule has 4 nitrogen and oxygen atoms in total. The summed E-state index contributed by atoms with van der Waals surface area (Å²) in [5.74, 6) is 1.39. The van der Waals surface area contributed by atoms with Gasteiger partial charge in [-0.2, -0.15) is 0 Å². The van der Waals surface area contributed by atoms with E-state index in [-0.39, 0.29) is 28.5 Å². The number of carbonyl (C=O) groups excluding carboxylic acids is 1. The Balaban J connectivity index is 1.91. The molecule has 0 aromatic carbocycles. The molecule has 4 heteroatoms. The second-order valence-corrected chi connectivity index (χ2v) is 5.41. The van der Waals surface area contributed by atoms with E-state index in [2.05, 4.69) is 12.2 Å². The van der Waals surface area contributed by atoms with Gasteiger partial charge < -0.3 is 0 Å². The highest BCUT2D eigenvalue weighted by Gasteiger charge is 2.58. The number of rotatable bonds is 2. The van der Waals surface area contributed by atoms with E-state index in [0.29, 0.717) is 18.3 Å². The van der Waals surface area contributed by atoms with Crippen LogP contribution in [-0.2, 0) is 4.79 Å². The molecule has 86 valence electrons. The van der Waals surface area contributed by atoms with Crippen molar-refractivity contribution in [2.45, 2.75) is 25.8 Å². The molecule has 16 heavy (non-hydrogen) atoms. The highest BCUT2D eigenvalue weighted by atomic mass is 16.6. The molecule has 0 heterocycles. The molecule has 3 rings (SSSR count). The predicted molar refractivity (Wildman–Crippen MR) is 57.3 cm³/mol. The molecule has 3 aliphatic carbocycles. The number of carbonyl (C=O) groups is 1. The van der Waals surface area contributed by atoms with Crippen LogP contribution in [0.4, 0.5) is 0 Å². The summed E-state index contributed by atoms with van der Waals surface area (Å²) >= 11 is 0. The fourth-order valence-electron chi connectivity index (χ4n) is 4.05. The van der Waals surface area contributed by atoms with Gasteiger partial charge in [0.15, 0.2) is 0 Å². The lowest BCUT2D eigenvalue weighted by Gasteiger charge is -2.25. The first-order valence-corrected chi connectivity index (χ1v) is 5.94. The Kier molecular flexibility index (Phi) is 1.97. The Hall–Kier alpha value is -1.19.